The van der Waals surface area contributed by atoms with Gasteiger partial charge in [0, 0.05) is 37.9 Å². The molecule has 1 saturated heterocycles. The van der Waals surface area contributed by atoms with Crippen molar-refractivity contribution in [2.45, 2.75) is 19.8 Å². The molecular formula is C15H22ClN3O3S. The fourth-order valence-corrected chi connectivity index (χ4v) is 3.88. The van der Waals surface area contributed by atoms with Crippen molar-refractivity contribution >= 4 is 33.4 Å². The summed E-state index contributed by atoms with van der Waals surface area (Å²) < 4.78 is 26.9. The van der Waals surface area contributed by atoms with E-state index in [1.807, 2.05) is 13.0 Å². The Bertz CT molecular complexity index is 691. The molecular weight excluding hydrogens is 338 g/mol. The Hall–Kier alpha value is -1.15. The van der Waals surface area contributed by atoms with E-state index in [4.69, 9.17) is 11.6 Å². The minimum Gasteiger partial charge on any atom is -0.326 e. The molecule has 0 aliphatic carbocycles. The summed E-state index contributed by atoms with van der Waals surface area (Å²) in [5, 5.41) is 3.41. The Morgan fingerprint density at radius 3 is 2.70 bits per heavy atom. The van der Waals surface area contributed by atoms with Crippen molar-refractivity contribution in [2.24, 2.45) is 5.92 Å². The second kappa shape index (κ2) is 7.17. The molecule has 6 nitrogen and oxygen atoms in total. The number of benzene rings is 1. The van der Waals surface area contributed by atoms with E-state index in [0.717, 1.165) is 5.56 Å². The van der Waals surface area contributed by atoms with Gasteiger partial charge in [-0.1, -0.05) is 17.7 Å². The average Bonchev–Trinajstić information content (AvgIpc) is 2.51. The largest absolute Gasteiger partial charge is 0.326 e. The van der Waals surface area contributed by atoms with E-state index in [9.17, 15) is 13.2 Å². The number of carbonyl (C=O) groups excluding carboxylic acids is 1. The zero-order valence-corrected chi connectivity index (χ0v) is 15.1. The van der Waals surface area contributed by atoms with Crippen molar-refractivity contribution in [3.05, 3.63) is 28.8 Å². The maximum Gasteiger partial charge on any atom is 0.281 e. The van der Waals surface area contributed by atoms with Crippen LogP contribution in [0.1, 0.15) is 18.4 Å². The van der Waals surface area contributed by atoms with Crippen LogP contribution >= 0.6 is 11.6 Å². The second-order valence-electron chi connectivity index (χ2n) is 5.94. The first-order chi connectivity index (χ1) is 10.7. The van der Waals surface area contributed by atoms with E-state index in [2.05, 4.69) is 5.32 Å². The molecule has 1 heterocycles. The van der Waals surface area contributed by atoms with Crippen molar-refractivity contribution in [3.8, 4) is 0 Å². The summed E-state index contributed by atoms with van der Waals surface area (Å²) in [6, 6.07) is 5.32. The number of halogens is 1. The molecule has 8 heteroatoms. The van der Waals surface area contributed by atoms with Gasteiger partial charge in [-0.05, 0) is 37.5 Å². The highest BCUT2D eigenvalue weighted by atomic mass is 35.5. The number of nitrogens with zero attached hydrogens (tertiary/aromatic N) is 2. The van der Waals surface area contributed by atoms with Crippen LogP contribution in [0.25, 0.3) is 0 Å². The summed E-state index contributed by atoms with van der Waals surface area (Å²) in [5.41, 5.74) is 1.56. The van der Waals surface area contributed by atoms with Gasteiger partial charge in [0.05, 0.1) is 5.92 Å². The topological polar surface area (TPSA) is 69.7 Å². The van der Waals surface area contributed by atoms with Gasteiger partial charge in [-0.3, -0.25) is 4.79 Å². The molecule has 1 aliphatic rings. The third-order valence-corrected chi connectivity index (χ3v) is 6.30. The predicted octanol–water partition coefficient (Wildman–Crippen LogP) is 2.11. The molecule has 1 aliphatic heterocycles. The van der Waals surface area contributed by atoms with Crippen LogP contribution in [0.5, 0.6) is 0 Å². The van der Waals surface area contributed by atoms with Crippen LogP contribution in [0.3, 0.4) is 0 Å². The van der Waals surface area contributed by atoms with Crippen LogP contribution in [0.4, 0.5) is 5.69 Å². The van der Waals surface area contributed by atoms with E-state index in [1.165, 1.54) is 22.7 Å². The van der Waals surface area contributed by atoms with Gasteiger partial charge < -0.3 is 5.32 Å². The van der Waals surface area contributed by atoms with E-state index < -0.39 is 10.2 Å². The number of rotatable bonds is 4. The molecule has 128 valence electrons. The molecule has 0 bridgehead atoms. The van der Waals surface area contributed by atoms with Crippen LogP contribution in [-0.2, 0) is 15.0 Å². The van der Waals surface area contributed by atoms with Gasteiger partial charge in [0.2, 0.25) is 5.91 Å². The summed E-state index contributed by atoms with van der Waals surface area (Å²) in [6.45, 7) is 2.53. The van der Waals surface area contributed by atoms with E-state index in [0.29, 0.717) is 30.1 Å². The maximum absolute atomic E-state index is 12.4. The smallest absolute Gasteiger partial charge is 0.281 e. The van der Waals surface area contributed by atoms with E-state index >= 15 is 0 Å². The molecule has 1 atom stereocenters. The third-order valence-electron chi connectivity index (χ3n) is 3.98. The molecule has 1 unspecified atom stereocenters. The number of anilines is 1. The van der Waals surface area contributed by atoms with E-state index in [1.54, 1.807) is 12.1 Å². The summed E-state index contributed by atoms with van der Waals surface area (Å²) in [7, 11) is -0.499. The summed E-state index contributed by atoms with van der Waals surface area (Å²) in [4.78, 5) is 12.4. The van der Waals surface area contributed by atoms with Gasteiger partial charge >= 0.3 is 0 Å². The number of hydrogen-bond donors (Lipinski definition) is 1. The number of hydrogen-bond acceptors (Lipinski definition) is 3. The van der Waals surface area contributed by atoms with E-state index in [-0.39, 0.29) is 18.4 Å². The molecule has 1 N–H and O–H groups in total. The first-order valence-electron chi connectivity index (χ1n) is 7.46. The molecule has 0 saturated carbocycles. The van der Waals surface area contributed by atoms with Crippen molar-refractivity contribution in [1.82, 2.24) is 8.61 Å². The van der Waals surface area contributed by atoms with Crippen molar-refractivity contribution in [2.75, 3.05) is 32.5 Å². The van der Waals surface area contributed by atoms with Gasteiger partial charge in [0.25, 0.3) is 10.2 Å². The number of nitrogens with one attached hydrogen (secondary N) is 1. The zero-order chi connectivity index (χ0) is 17.2. The number of carbonyl (C=O) groups is 1. The van der Waals surface area contributed by atoms with Gasteiger partial charge in [-0.2, -0.15) is 17.0 Å². The Labute approximate surface area is 142 Å². The standard InChI is InChI=1S/C15H22ClN3O3S/c1-11-6-7-13(9-14(11)16)17-15(20)12-5-4-8-19(10-12)23(21,22)18(2)3/h6-7,9,12H,4-5,8,10H2,1-3H3,(H,17,20). The highest BCUT2D eigenvalue weighted by Gasteiger charge is 2.33. The predicted molar refractivity (Wildman–Crippen MR) is 91.7 cm³/mol. The van der Waals surface area contributed by atoms with Crippen molar-refractivity contribution in [3.63, 3.8) is 0 Å². The lowest BCUT2D eigenvalue weighted by atomic mass is 9.98. The summed E-state index contributed by atoms with van der Waals surface area (Å²) >= 11 is 6.06. The summed E-state index contributed by atoms with van der Waals surface area (Å²) in [5.74, 6) is -0.540. The highest BCUT2D eigenvalue weighted by Crippen LogP contribution is 2.24. The van der Waals surface area contributed by atoms with Crippen LogP contribution in [0.15, 0.2) is 18.2 Å². The molecule has 1 fully saturated rings. The molecule has 2 rings (SSSR count). The maximum atomic E-state index is 12.4. The lowest BCUT2D eigenvalue weighted by Crippen LogP contribution is -2.47. The van der Waals surface area contributed by atoms with Gasteiger partial charge in [-0.15, -0.1) is 0 Å². The van der Waals surface area contributed by atoms with Gasteiger partial charge in [0.15, 0.2) is 0 Å². The zero-order valence-electron chi connectivity index (χ0n) is 13.5. The van der Waals surface area contributed by atoms with Crippen molar-refractivity contribution < 1.29 is 13.2 Å². The summed E-state index contributed by atoms with van der Waals surface area (Å²) in [6.07, 6.45) is 1.34. The fourth-order valence-electron chi connectivity index (χ4n) is 2.51. The average molecular weight is 360 g/mol. The second-order valence-corrected chi connectivity index (χ2v) is 8.49. The third kappa shape index (κ3) is 4.23. The van der Waals surface area contributed by atoms with Crippen molar-refractivity contribution in [1.29, 1.82) is 0 Å². The lowest BCUT2D eigenvalue weighted by Gasteiger charge is -2.32. The molecule has 23 heavy (non-hydrogen) atoms. The highest BCUT2D eigenvalue weighted by molar-refractivity contribution is 7.86. The Balaban J connectivity index is 2.06. The minimum absolute atomic E-state index is 0.177. The number of piperidine rings is 1. The molecule has 0 spiro atoms. The van der Waals surface area contributed by atoms with Crippen LogP contribution in [0, 0.1) is 12.8 Å². The Morgan fingerprint density at radius 2 is 2.09 bits per heavy atom. The minimum atomic E-state index is -3.49. The first-order valence-corrected chi connectivity index (χ1v) is 9.24. The molecule has 1 aromatic carbocycles. The molecule has 0 radical (unpaired) electrons. The van der Waals surface area contributed by atoms with Crippen LogP contribution < -0.4 is 5.32 Å². The van der Waals surface area contributed by atoms with Crippen LogP contribution in [-0.4, -0.2) is 50.1 Å². The van der Waals surface area contributed by atoms with Gasteiger partial charge in [0.1, 0.15) is 0 Å². The quantitative estimate of drug-likeness (QED) is 0.895. The lowest BCUT2D eigenvalue weighted by molar-refractivity contribution is -0.120. The first kappa shape index (κ1) is 18.2. The number of amides is 1. The monoisotopic (exact) mass is 359 g/mol. The van der Waals surface area contributed by atoms with Crippen LogP contribution in [0.2, 0.25) is 5.02 Å². The Morgan fingerprint density at radius 1 is 1.39 bits per heavy atom. The Kier molecular flexibility index (Phi) is 5.67. The normalized spacial score (nSPS) is 19.8. The molecule has 0 aromatic heterocycles. The molecule has 1 amide bonds. The fraction of sp³-hybridized carbons (Fsp3) is 0.533. The number of aryl methyl sites for hydroxylation is 1. The SMILES string of the molecule is Cc1ccc(NC(=O)C2CCCN(S(=O)(=O)N(C)C)C2)cc1Cl. The molecule has 1 aromatic rings. The van der Waals surface area contributed by atoms with Gasteiger partial charge in [-0.25, -0.2) is 0 Å².